The van der Waals surface area contributed by atoms with Crippen LogP contribution in [0.15, 0.2) is 66.4 Å². The molecule has 0 unspecified atom stereocenters. The van der Waals surface area contributed by atoms with Gasteiger partial charge in [-0.05, 0) is 60.5 Å². The van der Waals surface area contributed by atoms with E-state index in [4.69, 9.17) is 23.2 Å². The molecule has 0 bridgehead atoms. The second-order valence-corrected chi connectivity index (χ2v) is 7.76. The molecule has 1 N–H and O–H groups in total. The summed E-state index contributed by atoms with van der Waals surface area (Å²) >= 11 is 12.0. The number of anilines is 2. The fourth-order valence-electron chi connectivity index (χ4n) is 3.34. The van der Waals surface area contributed by atoms with Gasteiger partial charge in [0.05, 0.1) is 11.3 Å². The smallest absolute Gasteiger partial charge is 0.282 e. The summed E-state index contributed by atoms with van der Waals surface area (Å²) in [5.41, 5.74) is 1.58. The maximum atomic E-state index is 13.7. The zero-order valence-electron chi connectivity index (χ0n) is 16.0. The minimum atomic E-state index is -1.08. The minimum absolute atomic E-state index is 0.0623. The van der Waals surface area contributed by atoms with Crippen LogP contribution in [0.4, 0.5) is 20.2 Å². The van der Waals surface area contributed by atoms with Gasteiger partial charge >= 0.3 is 0 Å². The molecule has 156 valence electrons. The third-order valence-corrected chi connectivity index (χ3v) is 5.29. The first-order chi connectivity index (χ1) is 14.8. The number of carbonyl (C=O) groups is 2. The van der Waals surface area contributed by atoms with Crippen molar-refractivity contribution in [1.29, 1.82) is 0 Å². The van der Waals surface area contributed by atoms with Crippen LogP contribution in [0.2, 0.25) is 10.0 Å². The summed E-state index contributed by atoms with van der Waals surface area (Å²) in [5, 5.41) is 3.71. The van der Waals surface area contributed by atoms with E-state index in [2.05, 4.69) is 5.32 Å². The molecule has 2 amide bonds. The molecule has 0 radical (unpaired) electrons. The third kappa shape index (κ3) is 3.92. The number of nitrogens with one attached hydrogen (secondary N) is 1. The van der Waals surface area contributed by atoms with E-state index in [-0.39, 0.29) is 17.0 Å². The molecule has 0 saturated carbocycles. The fourth-order valence-corrected chi connectivity index (χ4v) is 3.69. The number of halogens is 4. The van der Waals surface area contributed by atoms with Crippen molar-refractivity contribution >= 4 is 52.0 Å². The molecular weight excluding hydrogens is 445 g/mol. The van der Waals surface area contributed by atoms with Gasteiger partial charge in [-0.25, -0.2) is 13.7 Å². The van der Waals surface area contributed by atoms with Gasteiger partial charge in [-0.2, -0.15) is 0 Å². The van der Waals surface area contributed by atoms with Crippen LogP contribution in [0, 0.1) is 18.6 Å². The van der Waals surface area contributed by atoms with Crippen LogP contribution in [0.25, 0.3) is 5.57 Å². The molecule has 0 aliphatic carbocycles. The van der Waals surface area contributed by atoms with Crippen LogP contribution in [-0.2, 0) is 9.59 Å². The van der Waals surface area contributed by atoms with Crippen molar-refractivity contribution in [2.75, 3.05) is 10.2 Å². The Morgan fingerprint density at radius 3 is 2.13 bits per heavy atom. The number of hydrogen-bond donors (Lipinski definition) is 1. The number of aryl methyl sites for hydroxylation is 1. The molecule has 1 aliphatic rings. The molecule has 3 aromatic carbocycles. The maximum Gasteiger partial charge on any atom is 0.282 e. The van der Waals surface area contributed by atoms with Crippen LogP contribution in [0.1, 0.15) is 11.1 Å². The summed E-state index contributed by atoms with van der Waals surface area (Å²) in [7, 11) is 0. The van der Waals surface area contributed by atoms with E-state index in [1.54, 1.807) is 49.4 Å². The number of imide groups is 1. The number of benzene rings is 3. The predicted octanol–water partition coefficient (Wildman–Crippen LogP) is 5.98. The summed E-state index contributed by atoms with van der Waals surface area (Å²) in [4.78, 5) is 27.7. The molecule has 4 nitrogen and oxygen atoms in total. The van der Waals surface area contributed by atoms with E-state index in [1.165, 1.54) is 6.07 Å². The molecule has 0 saturated heterocycles. The summed E-state index contributed by atoms with van der Waals surface area (Å²) in [6, 6.07) is 14.3. The Labute approximate surface area is 186 Å². The summed E-state index contributed by atoms with van der Waals surface area (Å²) in [5.74, 6) is -3.31. The topological polar surface area (TPSA) is 49.4 Å². The molecule has 4 rings (SSSR count). The van der Waals surface area contributed by atoms with Crippen LogP contribution >= 0.6 is 23.2 Å². The lowest BCUT2D eigenvalue weighted by atomic mass is 10.0. The van der Waals surface area contributed by atoms with Gasteiger partial charge in [-0.1, -0.05) is 35.3 Å². The van der Waals surface area contributed by atoms with Crippen LogP contribution < -0.4 is 10.2 Å². The average Bonchev–Trinajstić information content (AvgIpc) is 2.96. The molecule has 0 aromatic heterocycles. The van der Waals surface area contributed by atoms with Gasteiger partial charge in [0.25, 0.3) is 11.8 Å². The minimum Gasteiger partial charge on any atom is -0.350 e. The summed E-state index contributed by atoms with van der Waals surface area (Å²) < 4.78 is 27.0. The van der Waals surface area contributed by atoms with E-state index in [0.29, 0.717) is 26.9 Å². The van der Waals surface area contributed by atoms with Gasteiger partial charge in [-0.3, -0.25) is 9.59 Å². The Morgan fingerprint density at radius 1 is 0.806 bits per heavy atom. The number of carbonyl (C=O) groups excluding carboxylic acids is 2. The first-order valence-electron chi connectivity index (χ1n) is 9.13. The monoisotopic (exact) mass is 458 g/mol. The lowest BCUT2D eigenvalue weighted by molar-refractivity contribution is -0.120. The van der Waals surface area contributed by atoms with E-state index in [9.17, 15) is 18.4 Å². The zero-order valence-corrected chi connectivity index (χ0v) is 17.6. The van der Waals surface area contributed by atoms with Gasteiger partial charge in [0.2, 0.25) is 0 Å². The first kappa shape index (κ1) is 21.0. The molecule has 3 aromatic rings. The highest BCUT2D eigenvalue weighted by molar-refractivity contribution is 6.46. The van der Waals surface area contributed by atoms with Gasteiger partial charge in [-0.15, -0.1) is 0 Å². The van der Waals surface area contributed by atoms with Crippen molar-refractivity contribution in [2.45, 2.75) is 6.92 Å². The fraction of sp³-hybridized carbons (Fsp3) is 0.0435. The highest BCUT2D eigenvalue weighted by atomic mass is 35.5. The highest BCUT2D eigenvalue weighted by Gasteiger charge is 2.40. The van der Waals surface area contributed by atoms with Crippen molar-refractivity contribution < 1.29 is 18.4 Å². The van der Waals surface area contributed by atoms with Gasteiger partial charge in [0, 0.05) is 21.8 Å². The Balaban J connectivity index is 1.84. The second kappa shape index (κ2) is 8.13. The van der Waals surface area contributed by atoms with Crippen molar-refractivity contribution in [2.24, 2.45) is 0 Å². The number of rotatable bonds is 4. The van der Waals surface area contributed by atoms with E-state index in [1.807, 2.05) is 0 Å². The first-order valence-corrected chi connectivity index (χ1v) is 9.89. The second-order valence-electron chi connectivity index (χ2n) is 6.89. The molecule has 0 atom stereocenters. The SMILES string of the molecule is Cc1cc(Cl)ccc1N1C(=O)C(Nc2ccc(F)c(F)c2)=C(c2ccc(Cl)cc2)C1=O. The molecule has 1 heterocycles. The Bertz CT molecular complexity index is 1260. The molecule has 0 fully saturated rings. The molecule has 1 aliphatic heterocycles. The highest BCUT2D eigenvalue weighted by Crippen LogP contribution is 2.36. The van der Waals surface area contributed by atoms with E-state index < -0.39 is 23.4 Å². The molecule has 0 spiro atoms. The van der Waals surface area contributed by atoms with Gasteiger partial charge in [0.15, 0.2) is 11.6 Å². The largest absolute Gasteiger partial charge is 0.350 e. The number of nitrogens with zero attached hydrogens (tertiary/aromatic N) is 1. The Morgan fingerprint density at radius 2 is 1.48 bits per heavy atom. The number of hydrogen-bond acceptors (Lipinski definition) is 3. The zero-order chi connectivity index (χ0) is 22.3. The molecule has 31 heavy (non-hydrogen) atoms. The average molecular weight is 459 g/mol. The Kier molecular flexibility index (Phi) is 5.52. The van der Waals surface area contributed by atoms with Crippen LogP contribution in [0.3, 0.4) is 0 Å². The number of amides is 2. The maximum absolute atomic E-state index is 13.7. The van der Waals surface area contributed by atoms with Crippen molar-refractivity contribution in [1.82, 2.24) is 0 Å². The van der Waals surface area contributed by atoms with Crippen molar-refractivity contribution in [3.05, 3.63) is 99.2 Å². The van der Waals surface area contributed by atoms with E-state index in [0.717, 1.165) is 17.0 Å². The lowest BCUT2D eigenvalue weighted by Crippen LogP contribution is -2.33. The van der Waals surface area contributed by atoms with E-state index >= 15 is 0 Å². The standard InChI is InChI=1S/C23H14Cl2F2N2O2/c1-12-10-15(25)6-9-19(12)29-22(30)20(13-2-4-14(24)5-3-13)21(23(29)31)28-16-7-8-17(26)18(27)11-16/h2-11,28H,1H3. The van der Waals surface area contributed by atoms with Gasteiger partial charge < -0.3 is 5.32 Å². The van der Waals surface area contributed by atoms with Crippen LogP contribution in [0.5, 0.6) is 0 Å². The molecular formula is C23H14Cl2F2N2O2. The van der Waals surface area contributed by atoms with Crippen LogP contribution in [-0.4, -0.2) is 11.8 Å². The summed E-state index contributed by atoms with van der Waals surface area (Å²) in [6.45, 7) is 1.73. The molecule has 8 heteroatoms. The third-order valence-electron chi connectivity index (χ3n) is 4.81. The predicted molar refractivity (Wildman–Crippen MR) is 117 cm³/mol. The van der Waals surface area contributed by atoms with Crippen molar-refractivity contribution in [3.8, 4) is 0 Å². The van der Waals surface area contributed by atoms with Gasteiger partial charge in [0.1, 0.15) is 5.70 Å². The normalized spacial score (nSPS) is 13.9. The van der Waals surface area contributed by atoms with Crippen molar-refractivity contribution in [3.63, 3.8) is 0 Å². The quantitative estimate of drug-likeness (QED) is 0.489. The Hall–Kier alpha value is -3.22. The lowest BCUT2D eigenvalue weighted by Gasteiger charge is -2.18. The summed E-state index contributed by atoms with van der Waals surface area (Å²) in [6.07, 6.45) is 0.